The van der Waals surface area contributed by atoms with Crippen molar-refractivity contribution in [1.82, 2.24) is 10.2 Å². The van der Waals surface area contributed by atoms with Gasteiger partial charge in [-0.2, -0.15) is 0 Å². The van der Waals surface area contributed by atoms with Crippen LogP contribution >= 0.6 is 0 Å². The van der Waals surface area contributed by atoms with Gasteiger partial charge in [0, 0.05) is 31.8 Å². The molecular weight excluding hydrogens is 386 g/mol. The maximum absolute atomic E-state index is 12.1. The van der Waals surface area contributed by atoms with Crippen molar-refractivity contribution in [2.24, 2.45) is 10.9 Å². The normalized spacial score (nSPS) is 14.6. The topological polar surface area (TPSA) is 61.8 Å². The van der Waals surface area contributed by atoms with Crippen LogP contribution in [0.5, 0.6) is 0 Å². The van der Waals surface area contributed by atoms with E-state index >= 15 is 0 Å². The van der Waals surface area contributed by atoms with E-state index in [1.54, 1.807) is 0 Å². The molecule has 0 aromatic rings. The van der Waals surface area contributed by atoms with E-state index in [1.807, 2.05) is 11.8 Å². The van der Waals surface area contributed by atoms with Crippen molar-refractivity contribution in [1.29, 1.82) is 0 Å². The molecule has 0 atom stereocenters. The second kappa shape index (κ2) is 18.2. The van der Waals surface area contributed by atoms with Gasteiger partial charge in [-0.3, -0.25) is 14.6 Å². The molecule has 2 amide bonds. The lowest BCUT2D eigenvalue weighted by Crippen LogP contribution is -2.39. The number of aliphatic imine (C=N–C) groups is 1. The van der Waals surface area contributed by atoms with Crippen molar-refractivity contribution in [3.8, 4) is 0 Å². The number of carbonyl (C=O) groups is 2. The summed E-state index contributed by atoms with van der Waals surface area (Å²) in [5, 5.41) is 2.96. The molecule has 1 rings (SSSR count). The molecule has 0 aromatic heterocycles. The molecule has 0 fully saturated rings. The van der Waals surface area contributed by atoms with Crippen LogP contribution in [0.3, 0.4) is 0 Å². The van der Waals surface area contributed by atoms with Gasteiger partial charge in [0.1, 0.15) is 0 Å². The van der Waals surface area contributed by atoms with Crippen molar-refractivity contribution in [3.05, 3.63) is 0 Å². The second-order valence-corrected chi connectivity index (χ2v) is 9.70. The smallest absolute Gasteiger partial charge is 0.228 e. The van der Waals surface area contributed by atoms with Crippen LogP contribution in [0.15, 0.2) is 4.99 Å². The quantitative estimate of drug-likeness (QED) is 0.272. The Morgan fingerprint density at radius 1 is 0.935 bits per heavy atom. The molecule has 0 unspecified atom stereocenters. The van der Waals surface area contributed by atoms with Crippen LogP contribution in [0.4, 0.5) is 0 Å². The Hall–Kier alpha value is -1.39. The Kier molecular flexibility index (Phi) is 16.2. The first kappa shape index (κ1) is 27.6. The number of hydrogen-bond acceptors (Lipinski definition) is 3. The van der Waals surface area contributed by atoms with Crippen LogP contribution in [0.25, 0.3) is 0 Å². The van der Waals surface area contributed by atoms with Gasteiger partial charge in [0.15, 0.2) is 0 Å². The highest BCUT2D eigenvalue weighted by Gasteiger charge is 2.16. The lowest BCUT2D eigenvalue weighted by molar-refractivity contribution is -0.130. The minimum Gasteiger partial charge on any atom is -0.354 e. The van der Waals surface area contributed by atoms with Crippen LogP contribution in [0.2, 0.25) is 0 Å². The predicted octanol–water partition coefficient (Wildman–Crippen LogP) is 5.91. The van der Waals surface area contributed by atoms with Crippen LogP contribution in [0, 0.1) is 5.92 Å². The maximum Gasteiger partial charge on any atom is 0.228 e. The average molecular weight is 436 g/mol. The lowest BCUT2D eigenvalue weighted by Gasteiger charge is -2.20. The van der Waals surface area contributed by atoms with E-state index in [0.717, 1.165) is 24.5 Å². The Bertz CT molecular complexity index is 517. The Labute approximate surface area is 191 Å². The van der Waals surface area contributed by atoms with Crippen molar-refractivity contribution >= 4 is 17.5 Å². The Morgan fingerprint density at radius 3 is 2.06 bits per heavy atom. The first-order valence-corrected chi connectivity index (χ1v) is 13.0. The molecule has 0 saturated carbocycles. The monoisotopic (exact) mass is 435 g/mol. The fourth-order valence-corrected chi connectivity index (χ4v) is 4.13. The van der Waals surface area contributed by atoms with Crippen molar-refractivity contribution < 1.29 is 9.59 Å². The first-order chi connectivity index (χ1) is 15.0. The molecule has 0 saturated heterocycles. The number of amides is 2. The highest BCUT2D eigenvalue weighted by molar-refractivity contribution is 6.00. The molecule has 5 nitrogen and oxygen atoms in total. The van der Waals surface area contributed by atoms with Gasteiger partial charge in [-0.25, -0.2) is 0 Å². The minimum atomic E-state index is 0.114. The molecule has 1 aliphatic rings. The molecule has 1 heterocycles. The number of carbonyl (C=O) groups excluding carboxylic acids is 2. The zero-order valence-electron chi connectivity index (χ0n) is 20.7. The number of nitrogens with zero attached hydrogens (tertiary/aromatic N) is 2. The van der Waals surface area contributed by atoms with E-state index < -0.39 is 0 Å². The van der Waals surface area contributed by atoms with Gasteiger partial charge in [0.2, 0.25) is 11.8 Å². The molecule has 1 N–H and O–H groups in total. The fourth-order valence-electron chi connectivity index (χ4n) is 4.13. The van der Waals surface area contributed by atoms with Gasteiger partial charge in [0.25, 0.3) is 0 Å². The van der Waals surface area contributed by atoms with Crippen LogP contribution < -0.4 is 5.32 Å². The standard InChI is InChI=1S/C26H49N3O2/c1-23(2)16-14-12-10-8-6-4-5-7-9-11-13-15-17-25(30)28-19-21-29-20-18-27-24(3)22-26(29)31/h23H,4-22H2,1-3H3,(H,28,30). The van der Waals surface area contributed by atoms with Crippen molar-refractivity contribution in [2.75, 3.05) is 26.2 Å². The zero-order chi connectivity index (χ0) is 22.7. The molecule has 1 aliphatic heterocycles. The van der Waals surface area contributed by atoms with E-state index in [9.17, 15) is 9.59 Å². The van der Waals surface area contributed by atoms with Gasteiger partial charge in [0.05, 0.1) is 13.0 Å². The third-order valence-electron chi connectivity index (χ3n) is 6.15. The van der Waals surface area contributed by atoms with E-state index in [0.29, 0.717) is 39.0 Å². The summed E-state index contributed by atoms with van der Waals surface area (Å²) in [7, 11) is 0. The van der Waals surface area contributed by atoms with Crippen molar-refractivity contribution in [2.45, 2.75) is 117 Å². The summed E-state index contributed by atoms with van der Waals surface area (Å²) in [5.41, 5.74) is 0.907. The second-order valence-electron chi connectivity index (χ2n) is 9.70. The van der Waals surface area contributed by atoms with Gasteiger partial charge >= 0.3 is 0 Å². The summed E-state index contributed by atoms with van der Waals surface area (Å²) in [5.74, 6) is 1.09. The molecule has 31 heavy (non-hydrogen) atoms. The summed E-state index contributed by atoms with van der Waals surface area (Å²) in [6.45, 7) is 8.99. The van der Waals surface area contributed by atoms with Gasteiger partial charge in [-0.15, -0.1) is 0 Å². The molecule has 0 aliphatic carbocycles. The number of unbranched alkanes of at least 4 members (excludes halogenated alkanes) is 11. The van der Waals surface area contributed by atoms with Gasteiger partial charge in [-0.1, -0.05) is 90.9 Å². The van der Waals surface area contributed by atoms with E-state index in [-0.39, 0.29) is 11.8 Å². The number of rotatable bonds is 18. The lowest BCUT2D eigenvalue weighted by atomic mass is 10.0. The highest BCUT2D eigenvalue weighted by atomic mass is 16.2. The number of nitrogens with one attached hydrogen (secondary N) is 1. The summed E-state index contributed by atoms with van der Waals surface area (Å²) in [6.07, 6.45) is 18.2. The summed E-state index contributed by atoms with van der Waals surface area (Å²) < 4.78 is 0. The third kappa shape index (κ3) is 16.0. The molecule has 0 spiro atoms. The van der Waals surface area contributed by atoms with Crippen LogP contribution in [-0.2, 0) is 9.59 Å². The molecule has 0 aromatic carbocycles. The third-order valence-corrected chi connectivity index (χ3v) is 6.15. The highest BCUT2D eigenvalue weighted by Crippen LogP contribution is 2.14. The van der Waals surface area contributed by atoms with Crippen LogP contribution in [-0.4, -0.2) is 48.6 Å². The van der Waals surface area contributed by atoms with E-state index in [4.69, 9.17) is 0 Å². The first-order valence-electron chi connectivity index (χ1n) is 13.0. The predicted molar refractivity (Wildman–Crippen MR) is 132 cm³/mol. The average Bonchev–Trinajstić information content (AvgIpc) is 2.88. The fraction of sp³-hybridized carbons (Fsp3) is 0.885. The number of hydrogen-bond donors (Lipinski definition) is 1. The van der Waals surface area contributed by atoms with Gasteiger partial charge in [-0.05, 0) is 19.3 Å². The Morgan fingerprint density at radius 2 is 1.48 bits per heavy atom. The van der Waals surface area contributed by atoms with E-state index in [2.05, 4.69) is 24.2 Å². The maximum atomic E-state index is 12.1. The zero-order valence-corrected chi connectivity index (χ0v) is 20.7. The van der Waals surface area contributed by atoms with Crippen molar-refractivity contribution in [3.63, 3.8) is 0 Å². The van der Waals surface area contributed by atoms with E-state index in [1.165, 1.54) is 70.6 Å². The van der Waals surface area contributed by atoms with Gasteiger partial charge < -0.3 is 10.2 Å². The molecule has 180 valence electrons. The summed E-state index contributed by atoms with van der Waals surface area (Å²) >= 11 is 0. The SMILES string of the molecule is CC1=NCCN(CCNC(=O)CCCCCCCCCCCCCCC(C)C)C(=O)C1. The molecule has 0 radical (unpaired) electrons. The summed E-state index contributed by atoms with van der Waals surface area (Å²) in [6, 6.07) is 0. The molecule has 5 heteroatoms. The minimum absolute atomic E-state index is 0.114. The largest absolute Gasteiger partial charge is 0.354 e. The summed E-state index contributed by atoms with van der Waals surface area (Å²) in [4.78, 5) is 30.2. The molecule has 0 bridgehead atoms. The van der Waals surface area contributed by atoms with Crippen LogP contribution in [0.1, 0.15) is 117 Å². The molecular formula is C26H49N3O2. The Balaban J connectivity index is 1.84.